The number of hydrogen-bond acceptors (Lipinski definition) is 5. The number of imidazole rings is 1. The van der Waals surface area contributed by atoms with Crippen LogP contribution in [0.5, 0.6) is 0 Å². The van der Waals surface area contributed by atoms with E-state index in [9.17, 15) is 8.42 Å². The fraction of sp³-hybridized carbons (Fsp3) is 0.0769. The highest BCUT2D eigenvalue weighted by Gasteiger charge is 2.14. The van der Waals surface area contributed by atoms with Gasteiger partial charge in [0, 0.05) is 12.7 Å². The molecule has 3 heterocycles. The first-order valence-corrected chi connectivity index (χ1v) is 7.60. The summed E-state index contributed by atoms with van der Waals surface area (Å²) in [5.74, 6) is 0.666. The van der Waals surface area contributed by atoms with Crippen molar-refractivity contribution in [1.82, 2.24) is 19.7 Å². The van der Waals surface area contributed by atoms with Crippen molar-refractivity contribution in [3.8, 4) is 11.5 Å². The zero-order valence-electron chi connectivity index (χ0n) is 10.9. The molecule has 0 unspecified atom stereocenters. The fourth-order valence-electron chi connectivity index (χ4n) is 1.75. The van der Waals surface area contributed by atoms with Crippen LogP contribution in [0.25, 0.3) is 11.5 Å². The predicted molar refractivity (Wildman–Crippen MR) is 74.6 cm³/mol. The Kier molecular flexibility index (Phi) is 3.55. The topological polar surface area (TPSA) is 101 Å². The van der Waals surface area contributed by atoms with Crippen LogP contribution >= 0.6 is 0 Å². The number of aromatic nitrogens is 3. The molecule has 8 heteroatoms. The third-order valence-corrected chi connectivity index (χ3v) is 4.15. The van der Waals surface area contributed by atoms with Crippen molar-refractivity contribution < 1.29 is 12.8 Å². The number of nitrogens with one attached hydrogen (secondary N) is 2. The summed E-state index contributed by atoms with van der Waals surface area (Å²) in [6.07, 6.45) is 5.74. The van der Waals surface area contributed by atoms with Gasteiger partial charge in [-0.3, -0.25) is 4.98 Å². The van der Waals surface area contributed by atoms with Crippen molar-refractivity contribution in [2.24, 2.45) is 0 Å². The number of nitrogens with zero attached hydrogens (tertiary/aromatic N) is 2. The van der Waals surface area contributed by atoms with Crippen molar-refractivity contribution in [3.05, 3.63) is 54.8 Å². The Hall–Kier alpha value is -2.45. The number of H-pyrrole nitrogens is 1. The number of pyridine rings is 1. The lowest BCUT2D eigenvalue weighted by Crippen LogP contribution is -2.23. The molecule has 108 valence electrons. The summed E-state index contributed by atoms with van der Waals surface area (Å²) in [6, 6.07) is 7.16. The second kappa shape index (κ2) is 5.51. The van der Waals surface area contributed by atoms with Gasteiger partial charge in [-0.25, -0.2) is 18.1 Å². The van der Waals surface area contributed by atoms with Crippen LogP contribution in [0.15, 0.2) is 58.7 Å². The van der Waals surface area contributed by atoms with Crippen LogP contribution in [0.4, 0.5) is 0 Å². The lowest BCUT2D eigenvalue weighted by molar-refractivity contribution is 0.577. The van der Waals surface area contributed by atoms with Gasteiger partial charge in [0.25, 0.3) is 10.0 Å². The maximum Gasteiger partial charge on any atom is 0.257 e. The van der Waals surface area contributed by atoms with Gasteiger partial charge in [-0.05, 0) is 23.8 Å². The van der Waals surface area contributed by atoms with Crippen molar-refractivity contribution in [3.63, 3.8) is 0 Å². The van der Waals surface area contributed by atoms with Gasteiger partial charge in [0.15, 0.2) is 10.8 Å². The van der Waals surface area contributed by atoms with E-state index >= 15 is 0 Å². The molecule has 0 saturated heterocycles. The second-order valence-electron chi connectivity index (χ2n) is 4.27. The molecule has 7 nitrogen and oxygen atoms in total. The molecule has 0 atom stereocenters. The summed E-state index contributed by atoms with van der Waals surface area (Å²) in [6.45, 7) is 0.146. The monoisotopic (exact) mass is 304 g/mol. The minimum absolute atomic E-state index is 0.0302. The molecule has 0 aliphatic carbocycles. The van der Waals surface area contributed by atoms with Gasteiger partial charge in [0.05, 0.1) is 18.8 Å². The molecule has 0 aliphatic heterocycles. The first-order chi connectivity index (χ1) is 10.1. The Morgan fingerprint density at radius 3 is 2.76 bits per heavy atom. The van der Waals surface area contributed by atoms with E-state index in [0.29, 0.717) is 11.5 Å². The number of sulfonamides is 1. The molecule has 3 aromatic rings. The molecule has 21 heavy (non-hydrogen) atoms. The fourth-order valence-corrected chi connectivity index (χ4v) is 2.66. The zero-order valence-corrected chi connectivity index (χ0v) is 11.7. The molecule has 0 spiro atoms. The third kappa shape index (κ3) is 3.01. The Morgan fingerprint density at radius 2 is 2.14 bits per heavy atom. The molecule has 0 aliphatic rings. The van der Waals surface area contributed by atoms with Gasteiger partial charge < -0.3 is 9.40 Å². The Labute approximate surface area is 121 Å². The summed E-state index contributed by atoms with van der Waals surface area (Å²) in [7, 11) is -3.58. The average Bonchev–Trinajstić information content (AvgIpc) is 3.19. The van der Waals surface area contributed by atoms with Crippen molar-refractivity contribution in [2.45, 2.75) is 11.6 Å². The van der Waals surface area contributed by atoms with Crippen LogP contribution < -0.4 is 4.72 Å². The maximum absolute atomic E-state index is 11.9. The van der Waals surface area contributed by atoms with Gasteiger partial charge in [-0.2, -0.15) is 0 Å². The molecule has 0 aromatic carbocycles. The quantitative estimate of drug-likeness (QED) is 0.744. The first kappa shape index (κ1) is 13.5. The summed E-state index contributed by atoms with van der Waals surface area (Å²) >= 11 is 0. The van der Waals surface area contributed by atoms with Gasteiger partial charge in [-0.1, -0.05) is 6.07 Å². The van der Waals surface area contributed by atoms with Crippen molar-refractivity contribution in [1.29, 1.82) is 0 Å². The summed E-state index contributed by atoms with van der Waals surface area (Å²) < 4.78 is 31.5. The normalized spacial score (nSPS) is 11.6. The van der Waals surface area contributed by atoms with Crippen LogP contribution in [-0.4, -0.2) is 23.4 Å². The van der Waals surface area contributed by atoms with Crippen molar-refractivity contribution in [2.75, 3.05) is 0 Å². The Balaban J connectivity index is 1.69. The highest BCUT2D eigenvalue weighted by atomic mass is 32.2. The van der Waals surface area contributed by atoms with Gasteiger partial charge >= 0.3 is 0 Å². The Morgan fingerprint density at radius 1 is 1.24 bits per heavy atom. The minimum Gasteiger partial charge on any atom is -0.463 e. The van der Waals surface area contributed by atoms with E-state index < -0.39 is 10.0 Å². The largest absolute Gasteiger partial charge is 0.463 e. The lowest BCUT2D eigenvalue weighted by atomic mass is 10.2. The van der Waals surface area contributed by atoms with Crippen LogP contribution in [0.1, 0.15) is 5.56 Å². The van der Waals surface area contributed by atoms with Gasteiger partial charge in [0.2, 0.25) is 0 Å². The molecule has 0 saturated carbocycles. The maximum atomic E-state index is 11.9. The summed E-state index contributed by atoms with van der Waals surface area (Å²) in [5, 5.41) is 0.0302. The van der Waals surface area contributed by atoms with E-state index in [-0.39, 0.29) is 11.6 Å². The number of aromatic amines is 1. The van der Waals surface area contributed by atoms with E-state index in [2.05, 4.69) is 19.7 Å². The van der Waals surface area contributed by atoms with Crippen LogP contribution in [-0.2, 0) is 16.6 Å². The molecule has 0 radical (unpaired) electrons. The molecule has 3 rings (SSSR count). The number of furan rings is 1. The molecule has 0 amide bonds. The predicted octanol–water partition coefficient (Wildman–Crippen LogP) is 1.54. The molecular weight excluding hydrogens is 292 g/mol. The molecule has 3 aromatic heterocycles. The van der Waals surface area contributed by atoms with Crippen LogP contribution in [0, 0.1) is 0 Å². The third-order valence-electron chi connectivity index (χ3n) is 2.83. The van der Waals surface area contributed by atoms with E-state index in [1.54, 1.807) is 30.7 Å². The van der Waals surface area contributed by atoms with Gasteiger partial charge in [-0.15, -0.1) is 0 Å². The van der Waals surface area contributed by atoms with Crippen LogP contribution in [0.2, 0.25) is 0 Å². The first-order valence-electron chi connectivity index (χ1n) is 6.12. The standard InChI is InChI=1S/C13H12N4O3S/c18-21(19,13-8-14-9-16-13)17-7-10-3-4-11(15-6-10)12-2-1-5-20-12/h1-6,8-9,17H,7H2,(H,14,16). The van der Waals surface area contributed by atoms with Gasteiger partial charge in [0.1, 0.15) is 5.69 Å². The van der Waals surface area contributed by atoms with E-state index in [0.717, 1.165) is 5.56 Å². The van der Waals surface area contributed by atoms with Crippen molar-refractivity contribution >= 4 is 10.0 Å². The molecule has 2 N–H and O–H groups in total. The molecule has 0 fully saturated rings. The zero-order chi connectivity index (χ0) is 14.7. The minimum atomic E-state index is -3.58. The second-order valence-corrected chi connectivity index (χ2v) is 6.00. The number of hydrogen-bond donors (Lipinski definition) is 2. The highest BCUT2D eigenvalue weighted by Crippen LogP contribution is 2.17. The summed E-state index contributed by atoms with van der Waals surface area (Å²) in [4.78, 5) is 10.5. The SMILES string of the molecule is O=S(=O)(NCc1ccc(-c2ccco2)nc1)c1cnc[nH]1. The molecular formula is C13H12N4O3S. The average molecular weight is 304 g/mol. The van der Waals surface area contributed by atoms with E-state index in [1.165, 1.54) is 12.5 Å². The number of rotatable bonds is 5. The smallest absolute Gasteiger partial charge is 0.257 e. The van der Waals surface area contributed by atoms with E-state index in [1.807, 2.05) is 6.07 Å². The summed E-state index contributed by atoms with van der Waals surface area (Å²) in [5.41, 5.74) is 1.44. The molecule has 0 bridgehead atoms. The lowest BCUT2D eigenvalue weighted by Gasteiger charge is -2.05. The van der Waals surface area contributed by atoms with Crippen LogP contribution in [0.3, 0.4) is 0 Å². The highest BCUT2D eigenvalue weighted by molar-refractivity contribution is 7.89. The Bertz CT molecular complexity index is 794. The van der Waals surface area contributed by atoms with E-state index in [4.69, 9.17) is 4.42 Å².